The Morgan fingerprint density at radius 2 is 1.93 bits per heavy atom. The number of ether oxygens (including phenoxy) is 2. The molecule has 0 atom stereocenters. The van der Waals surface area contributed by atoms with Crippen LogP contribution in [0.5, 0.6) is 5.75 Å². The molecule has 210 valence electrons. The summed E-state index contributed by atoms with van der Waals surface area (Å²) in [5, 5.41) is 10.4. The minimum atomic E-state index is -0.896. The fourth-order valence-corrected chi connectivity index (χ4v) is 6.82. The number of nitrogens with two attached hydrogens (primary N) is 1. The zero-order chi connectivity index (χ0) is 27.5. The summed E-state index contributed by atoms with van der Waals surface area (Å²) in [4.78, 5) is 30.4. The summed E-state index contributed by atoms with van der Waals surface area (Å²) < 4.78 is 11.4. The van der Waals surface area contributed by atoms with Crippen LogP contribution in [0.4, 0.5) is 0 Å². The predicted molar refractivity (Wildman–Crippen MR) is 150 cm³/mol. The highest BCUT2D eigenvalue weighted by molar-refractivity contribution is 5.95. The second kappa shape index (κ2) is 9.66. The van der Waals surface area contributed by atoms with Crippen LogP contribution in [0.2, 0.25) is 0 Å². The molecule has 0 bridgehead atoms. The van der Waals surface area contributed by atoms with Crippen LogP contribution in [0.25, 0.3) is 22.8 Å². The molecule has 4 N–H and O–H groups in total. The molecule has 1 saturated carbocycles. The summed E-state index contributed by atoms with van der Waals surface area (Å²) in [5.74, 6) is 0.520. The van der Waals surface area contributed by atoms with E-state index in [9.17, 15) is 9.90 Å². The normalized spacial score (nSPS) is 21.2. The number of carbonyl (C=O) groups is 1. The van der Waals surface area contributed by atoms with Crippen LogP contribution in [0.1, 0.15) is 40.0 Å². The fraction of sp³-hybridized carbons (Fsp3) is 0.500. The summed E-state index contributed by atoms with van der Waals surface area (Å²) in [6, 6.07) is 7.85. The number of benzene rings is 1. The molecule has 40 heavy (non-hydrogen) atoms. The summed E-state index contributed by atoms with van der Waals surface area (Å²) in [6.45, 7) is 6.47. The van der Waals surface area contributed by atoms with Gasteiger partial charge in [0.25, 0.3) is 0 Å². The topological polar surface area (TPSA) is 130 Å². The van der Waals surface area contributed by atoms with E-state index in [2.05, 4.69) is 26.8 Å². The Morgan fingerprint density at radius 3 is 2.60 bits per heavy atom. The fourth-order valence-electron chi connectivity index (χ4n) is 6.82. The summed E-state index contributed by atoms with van der Waals surface area (Å²) in [5.41, 5.74) is 11.6. The lowest BCUT2D eigenvalue weighted by Gasteiger charge is -2.52. The van der Waals surface area contributed by atoms with Crippen LogP contribution in [-0.2, 0) is 23.0 Å². The Morgan fingerprint density at radius 1 is 1.18 bits per heavy atom. The first-order valence-corrected chi connectivity index (χ1v) is 14.2. The Hall–Kier alpha value is -3.31. The van der Waals surface area contributed by atoms with Gasteiger partial charge in [0.2, 0.25) is 0 Å². The van der Waals surface area contributed by atoms with Gasteiger partial charge in [-0.1, -0.05) is 0 Å². The number of hydrogen-bond acceptors (Lipinski definition) is 8. The number of nitrogens with one attached hydrogen (secondary N) is 1. The van der Waals surface area contributed by atoms with Crippen molar-refractivity contribution < 1.29 is 19.4 Å². The zero-order valence-electron chi connectivity index (χ0n) is 22.9. The van der Waals surface area contributed by atoms with Crippen LogP contribution in [0.3, 0.4) is 0 Å². The smallest absolute Gasteiger partial charge is 0.337 e. The van der Waals surface area contributed by atoms with E-state index in [4.69, 9.17) is 20.2 Å². The number of likely N-dealkylation sites (tertiary alicyclic amines) is 1. The lowest BCUT2D eigenvalue weighted by atomic mass is 9.68. The summed E-state index contributed by atoms with van der Waals surface area (Å²) in [7, 11) is 2.06. The number of aromatic amines is 1. The zero-order valence-corrected chi connectivity index (χ0v) is 22.9. The van der Waals surface area contributed by atoms with Crippen LogP contribution in [0.15, 0.2) is 30.5 Å². The molecule has 3 fully saturated rings. The quantitative estimate of drug-likeness (QED) is 0.391. The standard InChI is InChI=1S/C30H36N6O4/c1-35-17-29(18-35,30(31)8-9-30)26-23(28(37)38)22-7-4-20-16-32-27(34-24(20)25(22)33-26)19-2-5-21(6-3-19)40-15-12-36-10-13-39-14-11-36/h2-3,5-6,16,33H,4,7-15,17-18,31H2,1H3,(H,37,38). The van der Waals surface area contributed by atoms with E-state index in [1.165, 1.54) is 0 Å². The molecule has 7 rings (SSSR count). The van der Waals surface area contributed by atoms with Crippen LogP contribution >= 0.6 is 0 Å². The van der Waals surface area contributed by atoms with Crippen LogP contribution in [-0.4, -0.2) is 101 Å². The Kier molecular flexibility index (Phi) is 6.19. The molecule has 4 aliphatic rings. The van der Waals surface area contributed by atoms with Gasteiger partial charge in [-0.25, -0.2) is 14.8 Å². The number of likely N-dealkylation sites (N-methyl/N-ethyl adjacent to an activating group) is 1. The van der Waals surface area contributed by atoms with E-state index < -0.39 is 5.97 Å². The van der Waals surface area contributed by atoms with Gasteiger partial charge in [0.1, 0.15) is 12.4 Å². The molecule has 10 nitrogen and oxygen atoms in total. The van der Waals surface area contributed by atoms with Crippen LogP contribution < -0.4 is 10.5 Å². The third kappa shape index (κ3) is 4.21. The van der Waals surface area contributed by atoms with Crippen molar-refractivity contribution in [3.8, 4) is 28.5 Å². The van der Waals surface area contributed by atoms with Gasteiger partial charge in [0.05, 0.1) is 35.6 Å². The number of hydrogen-bond donors (Lipinski definition) is 3. The van der Waals surface area contributed by atoms with Crippen LogP contribution in [0, 0.1) is 0 Å². The molecule has 0 radical (unpaired) electrons. The molecule has 4 heterocycles. The molecule has 3 aromatic rings. The van der Waals surface area contributed by atoms with Crippen molar-refractivity contribution in [2.75, 3.05) is 59.6 Å². The van der Waals surface area contributed by atoms with Gasteiger partial charge >= 0.3 is 5.97 Å². The minimum Gasteiger partial charge on any atom is -0.492 e. The minimum absolute atomic E-state index is 0.358. The van der Waals surface area contributed by atoms with Gasteiger partial charge in [-0.2, -0.15) is 0 Å². The van der Waals surface area contributed by atoms with Gasteiger partial charge in [0.15, 0.2) is 5.82 Å². The first kappa shape index (κ1) is 25.6. The number of rotatable bonds is 8. The first-order valence-electron chi connectivity index (χ1n) is 14.2. The average molecular weight is 545 g/mol. The first-order chi connectivity index (χ1) is 19.4. The van der Waals surface area contributed by atoms with Crippen molar-refractivity contribution in [1.82, 2.24) is 24.8 Å². The van der Waals surface area contributed by atoms with E-state index in [1.54, 1.807) is 0 Å². The maximum Gasteiger partial charge on any atom is 0.337 e. The number of morpholine rings is 1. The van der Waals surface area contributed by atoms with E-state index in [0.717, 1.165) is 98.3 Å². The second-order valence-corrected chi connectivity index (χ2v) is 11.8. The van der Waals surface area contributed by atoms with Crippen molar-refractivity contribution in [3.63, 3.8) is 0 Å². The van der Waals surface area contributed by atoms with Crippen molar-refractivity contribution >= 4 is 5.97 Å². The average Bonchev–Trinajstić information content (AvgIpc) is 3.57. The number of aromatic nitrogens is 3. The van der Waals surface area contributed by atoms with E-state index in [1.807, 2.05) is 30.5 Å². The summed E-state index contributed by atoms with van der Waals surface area (Å²) >= 11 is 0. The summed E-state index contributed by atoms with van der Waals surface area (Å²) in [6.07, 6.45) is 5.06. The SMILES string of the molecule is CN1CC(c2[nH]c3c(c2C(=O)O)CCc2cnc(-c4ccc(OCCN5CCOCC5)cc4)nc2-3)(C2(N)CC2)C1. The number of carboxylic acid groups (broad SMARTS) is 1. The third-order valence-corrected chi connectivity index (χ3v) is 9.26. The highest BCUT2D eigenvalue weighted by Crippen LogP contribution is 2.55. The lowest BCUT2D eigenvalue weighted by Crippen LogP contribution is -2.68. The van der Waals surface area contributed by atoms with Gasteiger partial charge in [-0.3, -0.25) is 4.90 Å². The molecule has 2 saturated heterocycles. The van der Waals surface area contributed by atoms with Crippen molar-refractivity contribution in [1.29, 1.82) is 0 Å². The maximum absolute atomic E-state index is 12.6. The Balaban J connectivity index is 1.16. The maximum atomic E-state index is 12.6. The molecule has 0 amide bonds. The molecular weight excluding hydrogens is 508 g/mol. The predicted octanol–water partition coefficient (Wildman–Crippen LogP) is 2.32. The highest BCUT2D eigenvalue weighted by Gasteiger charge is 2.64. The number of nitrogens with zero attached hydrogens (tertiary/aromatic N) is 4. The van der Waals surface area contributed by atoms with Gasteiger partial charge in [-0.05, 0) is 68.1 Å². The monoisotopic (exact) mass is 544 g/mol. The Bertz CT molecular complexity index is 1440. The van der Waals surface area contributed by atoms with E-state index in [0.29, 0.717) is 30.8 Å². The molecular formula is C30H36N6O4. The second-order valence-electron chi connectivity index (χ2n) is 11.8. The van der Waals surface area contributed by atoms with Crippen molar-refractivity contribution in [2.45, 2.75) is 36.6 Å². The third-order valence-electron chi connectivity index (χ3n) is 9.26. The Labute approximate surface area is 233 Å². The molecule has 2 aliphatic carbocycles. The van der Waals surface area contributed by atoms with Gasteiger partial charge in [0, 0.05) is 55.7 Å². The van der Waals surface area contributed by atoms with Crippen molar-refractivity contribution in [3.05, 3.63) is 52.8 Å². The number of aryl methyl sites for hydroxylation is 1. The molecule has 0 unspecified atom stereocenters. The highest BCUT2D eigenvalue weighted by atomic mass is 16.5. The van der Waals surface area contributed by atoms with Gasteiger partial charge < -0.3 is 30.2 Å². The number of carboxylic acids is 1. The number of H-pyrrole nitrogens is 1. The molecule has 0 spiro atoms. The van der Waals surface area contributed by atoms with E-state index >= 15 is 0 Å². The molecule has 1 aromatic carbocycles. The number of fused-ring (bicyclic) bond motifs is 3. The number of aromatic carboxylic acids is 1. The van der Waals surface area contributed by atoms with E-state index in [-0.39, 0.29) is 11.0 Å². The molecule has 2 aliphatic heterocycles. The van der Waals surface area contributed by atoms with Gasteiger partial charge in [-0.15, -0.1) is 0 Å². The molecule has 10 heteroatoms. The van der Waals surface area contributed by atoms with Crippen molar-refractivity contribution in [2.24, 2.45) is 5.73 Å². The largest absolute Gasteiger partial charge is 0.492 e. The lowest BCUT2D eigenvalue weighted by molar-refractivity contribution is 0.0322. The molecule has 2 aromatic heterocycles.